The molecule has 0 atom stereocenters. The van der Waals surface area contributed by atoms with Gasteiger partial charge in [-0.15, -0.1) is 0 Å². The first-order chi connectivity index (χ1) is 13.3. The lowest BCUT2D eigenvalue weighted by molar-refractivity contribution is 0.0717. The van der Waals surface area contributed by atoms with Gasteiger partial charge in [-0.05, 0) is 31.5 Å². The van der Waals surface area contributed by atoms with Crippen LogP contribution in [0, 0.1) is 6.92 Å². The molecule has 148 valence electrons. The van der Waals surface area contributed by atoms with Gasteiger partial charge in [-0.2, -0.15) is 0 Å². The molecule has 0 radical (unpaired) electrons. The maximum Gasteiger partial charge on any atom is 0.259 e. The van der Waals surface area contributed by atoms with E-state index in [4.69, 9.17) is 34.8 Å². The summed E-state index contributed by atoms with van der Waals surface area (Å²) in [5.41, 5.74) is 1.53. The highest BCUT2D eigenvalue weighted by Gasteiger charge is 2.28. The van der Waals surface area contributed by atoms with Gasteiger partial charge in [-0.1, -0.05) is 52.5 Å². The van der Waals surface area contributed by atoms with Crippen LogP contribution in [-0.4, -0.2) is 52.9 Å². The average molecular weight is 442 g/mol. The van der Waals surface area contributed by atoms with Crippen molar-refractivity contribution in [3.63, 3.8) is 0 Å². The Morgan fingerprint density at radius 3 is 2.21 bits per heavy atom. The molecule has 8 heteroatoms. The monoisotopic (exact) mass is 440 g/mol. The molecule has 1 aliphatic rings. The highest BCUT2D eigenvalue weighted by atomic mass is 35.5. The van der Waals surface area contributed by atoms with Crippen molar-refractivity contribution >= 4 is 46.6 Å². The second-order valence-corrected chi connectivity index (χ2v) is 7.88. The van der Waals surface area contributed by atoms with Gasteiger partial charge in [0, 0.05) is 31.7 Å². The van der Waals surface area contributed by atoms with Crippen molar-refractivity contribution in [3.05, 3.63) is 62.1 Å². The summed E-state index contributed by atoms with van der Waals surface area (Å²) in [7, 11) is 0. The average Bonchev–Trinajstić information content (AvgIpc) is 2.92. The number of hydrogen-bond donors (Lipinski definition) is 1. The number of carbonyl (C=O) groups excluding carboxylic acids is 2. The van der Waals surface area contributed by atoms with Crippen LogP contribution in [0.3, 0.4) is 0 Å². The normalized spacial score (nSPS) is 14.7. The largest absolute Gasteiger partial charge is 0.505 e. The van der Waals surface area contributed by atoms with Gasteiger partial charge < -0.3 is 14.9 Å². The van der Waals surface area contributed by atoms with Gasteiger partial charge in [0.25, 0.3) is 11.8 Å². The second-order valence-electron chi connectivity index (χ2n) is 6.69. The first kappa shape index (κ1) is 20.8. The van der Waals surface area contributed by atoms with Crippen LogP contribution in [-0.2, 0) is 0 Å². The van der Waals surface area contributed by atoms with Crippen LogP contribution in [0.1, 0.15) is 32.7 Å². The van der Waals surface area contributed by atoms with Crippen molar-refractivity contribution in [1.29, 1.82) is 0 Å². The topological polar surface area (TPSA) is 60.9 Å². The van der Waals surface area contributed by atoms with Crippen LogP contribution in [0.15, 0.2) is 30.3 Å². The number of amides is 2. The molecule has 0 unspecified atom stereocenters. The van der Waals surface area contributed by atoms with Crippen molar-refractivity contribution in [3.8, 4) is 5.75 Å². The van der Waals surface area contributed by atoms with Crippen LogP contribution in [0.25, 0.3) is 0 Å². The summed E-state index contributed by atoms with van der Waals surface area (Å²) in [6.45, 7) is 3.59. The van der Waals surface area contributed by atoms with Crippen LogP contribution >= 0.6 is 34.8 Å². The molecule has 5 nitrogen and oxygen atoms in total. The molecule has 0 saturated carbocycles. The smallest absolute Gasteiger partial charge is 0.259 e. The fourth-order valence-electron chi connectivity index (χ4n) is 3.22. The number of hydrogen-bond acceptors (Lipinski definition) is 3. The molecular weight excluding hydrogens is 423 g/mol. The third-order valence-electron chi connectivity index (χ3n) is 4.69. The maximum absolute atomic E-state index is 13.0. The number of benzene rings is 2. The Hall–Kier alpha value is -1.95. The molecule has 0 spiro atoms. The molecule has 2 aromatic carbocycles. The third-order valence-corrected chi connectivity index (χ3v) is 5.77. The number of phenols is 1. The first-order valence-electron chi connectivity index (χ1n) is 8.81. The summed E-state index contributed by atoms with van der Waals surface area (Å²) < 4.78 is 0. The molecule has 2 amide bonds. The zero-order chi connectivity index (χ0) is 20.4. The van der Waals surface area contributed by atoms with E-state index >= 15 is 0 Å². The minimum absolute atomic E-state index is 0.0366. The molecule has 1 heterocycles. The number of nitrogens with zero attached hydrogens (tertiary/aromatic N) is 2. The van der Waals surface area contributed by atoms with Gasteiger partial charge in [-0.25, -0.2) is 0 Å². The molecular formula is C20H19Cl3N2O3. The number of aromatic hydroxyl groups is 1. The van der Waals surface area contributed by atoms with Crippen molar-refractivity contribution in [2.24, 2.45) is 0 Å². The lowest BCUT2D eigenvalue weighted by Gasteiger charge is -2.23. The van der Waals surface area contributed by atoms with E-state index in [0.29, 0.717) is 38.2 Å². The van der Waals surface area contributed by atoms with Crippen LogP contribution in [0.4, 0.5) is 0 Å². The molecule has 1 saturated heterocycles. The van der Waals surface area contributed by atoms with Crippen molar-refractivity contribution in [2.45, 2.75) is 13.3 Å². The molecule has 0 aliphatic carbocycles. The Balaban J connectivity index is 1.77. The van der Waals surface area contributed by atoms with Crippen molar-refractivity contribution in [2.75, 3.05) is 26.2 Å². The minimum atomic E-state index is -0.461. The molecule has 3 rings (SSSR count). The van der Waals surface area contributed by atoms with Gasteiger partial charge in [0.15, 0.2) is 0 Å². The van der Waals surface area contributed by atoms with Crippen LogP contribution < -0.4 is 0 Å². The van der Waals surface area contributed by atoms with E-state index in [1.54, 1.807) is 15.9 Å². The summed E-state index contributed by atoms with van der Waals surface area (Å²) >= 11 is 18.1. The second kappa shape index (κ2) is 8.60. The van der Waals surface area contributed by atoms with E-state index in [0.717, 1.165) is 5.56 Å². The van der Waals surface area contributed by atoms with Gasteiger partial charge in [0.2, 0.25) is 0 Å². The summed E-state index contributed by atoms with van der Waals surface area (Å²) in [5, 5.41) is 10.2. The Kier molecular flexibility index (Phi) is 6.38. The Bertz CT molecular complexity index is 907. The number of aryl methyl sites for hydroxylation is 1. The fraction of sp³-hybridized carbons (Fsp3) is 0.300. The number of carbonyl (C=O) groups is 2. The third kappa shape index (κ3) is 4.22. The SMILES string of the molecule is Cc1cccc(C(=O)N2CCCN(C(=O)c3c(O)c(Cl)cc(Cl)c3Cl)CC2)c1. The van der Waals surface area contributed by atoms with E-state index in [9.17, 15) is 14.7 Å². The molecule has 0 aromatic heterocycles. The Morgan fingerprint density at radius 1 is 0.929 bits per heavy atom. The number of halogens is 3. The minimum Gasteiger partial charge on any atom is -0.505 e. The van der Waals surface area contributed by atoms with E-state index in [-0.39, 0.29) is 26.5 Å². The Morgan fingerprint density at radius 2 is 1.57 bits per heavy atom. The predicted molar refractivity (Wildman–Crippen MR) is 111 cm³/mol. The van der Waals surface area contributed by atoms with Gasteiger partial charge >= 0.3 is 0 Å². The molecule has 28 heavy (non-hydrogen) atoms. The van der Waals surface area contributed by atoms with E-state index in [1.807, 2.05) is 25.1 Å². The van der Waals surface area contributed by atoms with Crippen molar-refractivity contribution in [1.82, 2.24) is 9.80 Å². The van der Waals surface area contributed by atoms with Crippen molar-refractivity contribution < 1.29 is 14.7 Å². The first-order valence-corrected chi connectivity index (χ1v) is 9.94. The molecule has 1 aliphatic heterocycles. The summed E-state index contributed by atoms with van der Waals surface area (Å²) in [5.74, 6) is -0.917. The quantitative estimate of drug-likeness (QED) is 0.690. The summed E-state index contributed by atoms with van der Waals surface area (Å²) in [6, 6.07) is 8.72. The predicted octanol–water partition coefficient (Wildman–Crippen LogP) is 4.65. The number of rotatable bonds is 2. The molecule has 2 aromatic rings. The lowest BCUT2D eigenvalue weighted by Crippen LogP contribution is -2.37. The van der Waals surface area contributed by atoms with E-state index in [2.05, 4.69) is 0 Å². The van der Waals surface area contributed by atoms with Gasteiger partial charge in [-0.3, -0.25) is 9.59 Å². The van der Waals surface area contributed by atoms with E-state index in [1.165, 1.54) is 6.07 Å². The van der Waals surface area contributed by atoms with Gasteiger partial charge in [0.05, 0.1) is 15.1 Å². The number of phenolic OH excluding ortho intramolecular Hbond substituents is 1. The molecule has 1 N–H and O–H groups in total. The molecule has 1 fully saturated rings. The van der Waals surface area contributed by atoms with Gasteiger partial charge in [0.1, 0.15) is 11.3 Å². The highest BCUT2D eigenvalue weighted by molar-refractivity contribution is 6.45. The zero-order valence-electron chi connectivity index (χ0n) is 15.2. The highest BCUT2D eigenvalue weighted by Crippen LogP contribution is 2.39. The van der Waals surface area contributed by atoms with Crippen LogP contribution in [0.5, 0.6) is 5.75 Å². The lowest BCUT2D eigenvalue weighted by atomic mass is 10.1. The standard InChI is InChI=1S/C20H19Cl3N2O3/c1-12-4-2-5-13(10-12)19(27)24-6-3-7-25(9-8-24)20(28)16-17(23)14(21)11-15(22)18(16)26/h2,4-5,10-11,26H,3,6-9H2,1H3. The Labute approximate surface area is 178 Å². The summed E-state index contributed by atoms with van der Waals surface area (Å²) in [6.07, 6.45) is 0.607. The zero-order valence-corrected chi connectivity index (χ0v) is 17.5. The van der Waals surface area contributed by atoms with Crippen LogP contribution in [0.2, 0.25) is 15.1 Å². The molecule has 0 bridgehead atoms. The maximum atomic E-state index is 13.0. The fourth-order valence-corrected chi connectivity index (χ4v) is 3.91. The van der Waals surface area contributed by atoms with E-state index < -0.39 is 11.7 Å². The summed E-state index contributed by atoms with van der Waals surface area (Å²) in [4.78, 5) is 29.0.